The minimum atomic E-state index is -0.967. The maximum absolute atomic E-state index is 13.9. The second-order valence-corrected chi connectivity index (χ2v) is 13.3. The number of aromatic nitrogens is 1. The molecule has 0 aliphatic carbocycles. The summed E-state index contributed by atoms with van der Waals surface area (Å²) in [4.78, 5) is 39.8. The van der Waals surface area contributed by atoms with Crippen LogP contribution < -0.4 is 4.90 Å². The van der Waals surface area contributed by atoms with Gasteiger partial charge in [0.1, 0.15) is 11.0 Å². The van der Waals surface area contributed by atoms with Gasteiger partial charge in [0, 0.05) is 68.0 Å². The molecule has 1 N–H and O–H groups in total. The maximum atomic E-state index is 13.9. The van der Waals surface area contributed by atoms with Gasteiger partial charge in [-0.2, -0.15) is 0 Å². The Morgan fingerprint density at radius 2 is 1.95 bits per heavy atom. The minimum Gasteiger partial charge on any atom is -0.444 e. The number of rotatable bonds is 5. The number of ether oxygens (including phenoxy) is 2. The van der Waals surface area contributed by atoms with Gasteiger partial charge in [0.2, 0.25) is 5.91 Å². The molecule has 0 saturated carbocycles. The standard InChI is InChI=1S/C28H45N5O5S/c1-18-12-31(15-23(34)33-17-28(6,7)24-22(33)10-20(11-29-24)25(35)39)21(13-30-8-9-37-16-19(30)2)14-32(18)26(36)38-27(3,4)5/h10-11,18-19,21,25,35,39H,8-9,12-17H2,1-7H3. The zero-order valence-electron chi connectivity index (χ0n) is 24.4. The lowest BCUT2D eigenvalue weighted by atomic mass is 9.91. The molecule has 1 aromatic heterocycles. The number of piperazine rings is 1. The van der Waals surface area contributed by atoms with Crippen molar-refractivity contribution in [3.05, 3.63) is 23.5 Å². The van der Waals surface area contributed by atoms with E-state index in [1.165, 1.54) is 0 Å². The zero-order valence-corrected chi connectivity index (χ0v) is 25.3. The Kier molecular flexibility index (Phi) is 8.88. The first-order valence-electron chi connectivity index (χ1n) is 13.9. The second kappa shape index (κ2) is 11.5. The lowest BCUT2D eigenvalue weighted by Gasteiger charge is -2.47. The molecular formula is C28H45N5O5S. The van der Waals surface area contributed by atoms with E-state index in [9.17, 15) is 14.7 Å². The summed E-state index contributed by atoms with van der Waals surface area (Å²) in [7, 11) is 0. The monoisotopic (exact) mass is 563 g/mol. The summed E-state index contributed by atoms with van der Waals surface area (Å²) in [5.41, 5.74) is 0.277. The quantitative estimate of drug-likeness (QED) is 0.417. The molecule has 39 heavy (non-hydrogen) atoms. The number of aliphatic hydroxyl groups is 1. The largest absolute Gasteiger partial charge is 0.444 e. The highest BCUT2D eigenvalue weighted by Gasteiger charge is 2.43. The fraction of sp³-hybridized carbons (Fsp3) is 0.750. The summed E-state index contributed by atoms with van der Waals surface area (Å²) in [5.74, 6) is -0.0210. The summed E-state index contributed by atoms with van der Waals surface area (Å²) in [6.45, 7) is 18.6. The van der Waals surface area contributed by atoms with Crippen LogP contribution in [0.4, 0.5) is 10.5 Å². The molecule has 11 heteroatoms. The first-order chi connectivity index (χ1) is 18.2. The van der Waals surface area contributed by atoms with Gasteiger partial charge >= 0.3 is 6.09 Å². The molecule has 4 atom stereocenters. The average molecular weight is 564 g/mol. The molecule has 2 fully saturated rings. The van der Waals surface area contributed by atoms with Crippen molar-refractivity contribution in [2.75, 3.05) is 57.4 Å². The van der Waals surface area contributed by atoms with E-state index in [1.54, 1.807) is 16.0 Å². The van der Waals surface area contributed by atoms with Crippen LogP contribution in [0.25, 0.3) is 0 Å². The number of anilines is 1. The van der Waals surface area contributed by atoms with Gasteiger partial charge < -0.3 is 24.4 Å². The number of hydrogen-bond donors (Lipinski definition) is 2. The third kappa shape index (κ3) is 6.87. The summed E-state index contributed by atoms with van der Waals surface area (Å²) in [5, 5.41) is 10.0. The van der Waals surface area contributed by atoms with E-state index in [0.717, 1.165) is 24.5 Å². The van der Waals surface area contributed by atoms with Crippen LogP contribution >= 0.6 is 12.6 Å². The molecule has 4 heterocycles. The Bertz CT molecular complexity index is 1060. The third-order valence-electron chi connectivity index (χ3n) is 7.84. The Morgan fingerprint density at radius 1 is 1.23 bits per heavy atom. The summed E-state index contributed by atoms with van der Waals surface area (Å²) >= 11 is 4.15. The number of carbonyl (C=O) groups is 2. The van der Waals surface area contributed by atoms with Crippen LogP contribution in [-0.2, 0) is 19.7 Å². The highest BCUT2D eigenvalue weighted by atomic mass is 32.1. The molecule has 0 bridgehead atoms. The van der Waals surface area contributed by atoms with Crippen molar-refractivity contribution in [1.29, 1.82) is 0 Å². The van der Waals surface area contributed by atoms with Crippen molar-refractivity contribution >= 4 is 30.3 Å². The zero-order chi connectivity index (χ0) is 28.7. The maximum Gasteiger partial charge on any atom is 0.410 e. The molecule has 3 aliphatic heterocycles. The molecule has 3 aliphatic rings. The third-order valence-corrected chi connectivity index (χ3v) is 8.14. The molecule has 2 saturated heterocycles. The molecule has 2 amide bonds. The van der Waals surface area contributed by atoms with Gasteiger partial charge in [0.05, 0.1) is 31.1 Å². The van der Waals surface area contributed by atoms with Gasteiger partial charge in [0.15, 0.2) is 0 Å². The highest BCUT2D eigenvalue weighted by Crippen LogP contribution is 2.40. The number of nitrogens with zero attached hydrogens (tertiary/aromatic N) is 5. The van der Waals surface area contributed by atoms with E-state index < -0.39 is 11.0 Å². The Labute approximate surface area is 238 Å². The van der Waals surface area contributed by atoms with Gasteiger partial charge in [-0.3, -0.25) is 19.6 Å². The van der Waals surface area contributed by atoms with E-state index >= 15 is 0 Å². The minimum absolute atomic E-state index is 0.0210. The lowest BCUT2D eigenvalue weighted by Crippen LogP contribution is -2.64. The summed E-state index contributed by atoms with van der Waals surface area (Å²) in [6, 6.07) is 1.93. The number of fused-ring (bicyclic) bond motifs is 1. The fourth-order valence-corrected chi connectivity index (χ4v) is 5.87. The fourth-order valence-electron chi connectivity index (χ4n) is 5.73. The van der Waals surface area contributed by atoms with Crippen molar-refractivity contribution in [1.82, 2.24) is 19.7 Å². The van der Waals surface area contributed by atoms with Crippen LogP contribution in [0.5, 0.6) is 0 Å². The number of pyridine rings is 1. The topological polar surface area (TPSA) is 98.7 Å². The van der Waals surface area contributed by atoms with Crippen molar-refractivity contribution < 1.29 is 24.2 Å². The molecule has 0 aromatic carbocycles. The molecule has 10 nitrogen and oxygen atoms in total. The SMILES string of the molecule is CC1COCCN1CC1CN(C(=O)OC(C)(C)C)C(C)CN1CC(=O)N1CC(C)(C)c2ncc(C(O)S)cc21. The van der Waals surface area contributed by atoms with Gasteiger partial charge in [-0.15, -0.1) is 12.6 Å². The average Bonchev–Trinajstić information content (AvgIpc) is 3.11. The summed E-state index contributed by atoms with van der Waals surface area (Å²) < 4.78 is 11.4. The summed E-state index contributed by atoms with van der Waals surface area (Å²) in [6.07, 6.45) is 1.31. The number of amides is 2. The number of aliphatic hydroxyl groups excluding tert-OH is 1. The molecule has 218 valence electrons. The van der Waals surface area contributed by atoms with Crippen molar-refractivity contribution in [3.63, 3.8) is 0 Å². The highest BCUT2D eigenvalue weighted by molar-refractivity contribution is 7.80. The predicted octanol–water partition coefficient (Wildman–Crippen LogP) is 2.66. The van der Waals surface area contributed by atoms with E-state index in [2.05, 4.69) is 48.2 Å². The van der Waals surface area contributed by atoms with Crippen LogP contribution in [0.15, 0.2) is 12.3 Å². The molecular weight excluding hydrogens is 518 g/mol. The van der Waals surface area contributed by atoms with Crippen molar-refractivity contribution in [2.24, 2.45) is 0 Å². The van der Waals surface area contributed by atoms with E-state index in [0.29, 0.717) is 38.4 Å². The normalized spacial score (nSPS) is 26.8. The van der Waals surface area contributed by atoms with E-state index in [1.807, 2.05) is 33.8 Å². The van der Waals surface area contributed by atoms with Crippen LogP contribution in [0.3, 0.4) is 0 Å². The lowest BCUT2D eigenvalue weighted by molar-refractivity contribution is -0.121. The first kappa shape index (κ1) is 30.0. The van der Waals surface area contributed by atoms with Gasteiger partial charge in [-0.25, -0.2) is 4.79 Å². The number of hydrogen-bond acceptors (Lipinski definition) is 9. The predicted molar refractivity (Wildman–Crippen MR) is 153 cm³/mol. The first-order valence-corrected chi connectivity index (χ1v) is 14.4. The molecule has 4 unspecified atom stereocenters. The van der Waals surface area contributed by atoms with Gasteiger partial charge in [-0.05, 0) is 40.7 Å². The van der Waals surface area contributed by atoms with Crippen LogP contribution in [0, 0.1) is 0 Å². The number of morpholine rings is 1. The van der Waals surface area contributed by atoms with Gasteiger partial charge in [-0.1, -0.05) is 13.8 Å². The van der Waals surface area contributed by atoms with Crippen molar-refractivity contribution in [3.8, 4) is 0 Å². The Hall–Kier alpha value is -1.92. The van der Waals surface area contributed by atoms with Crippen LogP contribution in [-0.4, -0.2) is 113 Å². The van der Waals surface area contributed by atoms with E-state index in [-0.39, 0.29) is 42.1 Å². The van der Waals surface area contributed by atoms with Crippen molar-refractivity contribution in [2.45, 2.75) is 83.0 Å². The number of thiol groups is 1. The van der Waals surface area contributed by atoms with Crippen LogP contribution in [0.1, 0.15) is 65.2 Å². The molecule has 0 spiro atoms. The van der Waals surface area contributed by atoms with Crippen LogP contribution in [0.2, 0.25) is 0 Å². The second-order valence-electron chi connectivity index (χ2n) is 12.9. The smallest absolute Gasteiger partial charge is 0.410 e. The molecule has 4 rings (SSSR count). The number of carbonyl (C=O) groups excluding carboxylic acids is 2. The van der Waals surface area contributed by atoms with Gasteiger partial charge in [0.25, 0.3) is 0 Å². The Morgan fingerprint density at radius 3 is 2.59 bits per heavy atom. The molecule has 0 radical (unpaired) electrons. The van der Waals surface area contributed by atoms with E-state index in [4.69, 9.17) is 9.47 Å². The molecule has 1 aromatic rings. The Balaban J connectivity index is 1.56.